The molecule has 0 aromatic heterocycles. The Morgan fingerprint density at radius 1 is 1.24 bits per heavy atom. The summed E-state index contributed by atoms with van der Waals surface area (Å²) in [5, 5.41) is 1.14. The summed E-state index contributed by atoms with van der Waals surface area (Å²) in [5.74, 6) is -0.232. The van der Waals surface area contributed by atoms with Crippen molar-refractivity contribution in [2.24, 2.45) is 0 Å². The van der Waals surface area contributed by atoms with Gasteiger partial charge in [0.1, 0.15) is 11.3 Å². The number of halogens is 3. The van der Waals surface area contributed by atoms with Crippen LogP contribution in [-0.4, -0.2) is 66.3 Å². The van der Waals surface area contributed by atoms with Gasteiger partial charge in [-0.1, -0.05) is 6.08 Å². The van der Waals surface area contributed by atoms with Gasteiger partial charge in [0.2, 0.25) is 0 Å². The molecule has 0 N–H and O–H groups in total. The van der Waals surface area contributed by atoms with Crippen molar-refractivity contribution in [3.05, 3.63) is 12.2 Å². The van der Waals surface area contributed by atoms with Gasteiger partial charge in [-0.2, -0.15) is 13.2 Å². The summed E-state index contributed by atoms with van der Waals surface area (Å²) in [6.45, 7) is 9.85. The number of likely N-dealkylation sites (N-methyl/N-ethyl adjacent to an activating group) is 1. The first-order valence-corrected chi connectivity index (χ1v) is 9.19. The Hall–Kier alpha value is -1.81. The van der Waals surface area contributed by atoms with Gasteiger partial charge in [0.05, 0.1) is 19.8 Å². The SMILES string of the molecule is CC(F)(F)F.CON(C)C(=O)/C=C/CCC1COC(C)(C)N1C(=O)OC(C)(C)C. The van der Waals surface area contributed by atoms with Gasteiger partial charge in [0.15, 0.2) is 0 Å². The van der Waals surface area contributed by atoms with E-state index in [4.69, 9.17) is 14.3 Å². The molecule has 1 rings (SSSR count). The van der Waals surface area contributed by atoms with Crippen LogP contribution in [0.2, 0.25) is 0 Å². The van der Waals surface area contributed by atoms with Gasteiger partial charge in [-0.25, -0.2) is 9.86 Å². The number of alkyl halides is 3. The standard InChI is InChI=1S/C17H30N2O5.C2H3F3/c1-16(2,3)24-15(21)19-13(12-23-17(19,4)5)10-8-9-11-14(20)18(6)22-7;1-2(3,4)5/h9,11,13H,8,10,12H2,1-7H3;1H3/b11-9+;. The Morgan fingerprint density at radius 2 is 1.76 bits per heavy atom. The van der Waals surface area contributed by atoms with Crippen LogP contribution in [0.4, 0.5) is 18.0 Å². The molecule has 1 heterocycles. The summed E-state index contributed by atoms with van der Waals surface area (Å²) >= 11 is 0. The van der Waals surface area contributed by atoms with Crippen LogP contribution >= 0.6 is 0 Å². The van der Waals surface area contributed by atoms with Crippen molar-refractivity contribution < 1.29 is 37.1 Å². The molecule has 1 fully saturated rings. The lowest BCUT2D eigenvalue weighted by molar-refractivity contribution is -0.162. The smallest absolute Gasteiger partial charge is 0.412 e. The lowest BCUT2D eigenvalue weighted by Crippen LogP contribution is -2.49. The quantitative estimate of drug-likeness (QED) is 0.485. The third kappa shape index (κ3) is 11.7. The van der Waals surface area contributed by atoms with Crippen molar-refractivity contribution in [3.63, 3.8) is 0 Å². The van der Waals surface area contributed by atoms with Gasteiger partial charge < -0.3 is 9.47 Å². The molecule has 170 valence electrons. The van der Waals surface area contributed by atoms with Crippen LogP contribution in [0.25, 0.3) is 0 Å². The van der Waals surface area contributed by atoms with Crippen LogP contribution in [0.1, 0.15) is 54.4 Å². The van der Waals surface area contributed by atoms with E-state index in [1.165, 1.54) is 13.2 Å². The van der Waals surface area contributed by atoms with Crippen LogP contribution < -0.4 is 0 Å². The molecule has 1 unspecified atom stereocenters. The second-order valence-electron chi connectivity index (χ2n) is 8.04. The number of ether oxygens (including phenoxy) is 2. The Balaban J connectivity index is 0.00000139. The van der Waals surface area contributed by atoms with Crippen molar-refractivity contribution in [1.29, 1.82) is 0 Å². The second-order valence-corrected chi connectivity index (χ2v) is 8.04. The molecule has 7 nitrogen and oxygen atoms in total. The highest BCUT2D eigenvalue weighted by atomic mass is 19.4. The van der Waals surface area contributed by atoms with Crippen molar-refractivity contribution in [3.8, 4) is 0 Å². The highest BCUT2D eigenvalue weighted by Gasteiger charge is 2.45. The summed E-state index contributed by atoms with van der Waals surface area (Å²) in [7, 11) is 2.98. The number of amides is 2. The second kappa shape index (κ2) is 10.8. The topological polar surface area (TPSA) is 68.3 Å². The predicted molar refractivity (Wildman–Crippen MR) is 102 cm³/mol. The van der Waals surface area contributed by atoms with Crippen molar-refractivity contribution in [1.82, 2.24) is 9.96 Å². The molecule has 0 radical (unpaired) electrons. The molecular formula is C19H33F3N2O5. The highest BCUT2D eigenvalue weighted by Crippen LogP contribution is 2.31. The van der Waals surface area contributed by atoms with Gasteiger partial charge in [-0.05, 0) is 47.5 Å². The highest BCUT2D eigenvalue weighted by molar-refractivity contribution is 5.86. The number of allylic oxidation sites excluding steroid dienone is 1. The molecule has 0 aromatic rings. The van der Waals surface area contributed by atoms with Crippen LogP contribution in [-0.2, 0) is 19.1 Å². The third-order valence-electron chi connectivity index (χ3n) is 3.68. The number of hydrogen-bond acceptors (Lipinski definition) is 5. The maximum Gasteiger partial charge on any atom is 0.412 e. The number of hydrogen-bond donors (Lipinski definition) is 0. The predicted octanol–water partition coefficient (Wildman–Crippen LogP) is 4.28. The number of nitrogens with zero attached hydrogens (tertiary/aromatic N) is 2. The van der Waals surface area contributed by atoms with E-state index in [9.17, 15) is 22.8 Å². The first-order valence-electron chi connectivity index (χ1n) is 9.19. The first kappa shape index (κ1) is 27.2. The fourth-order valence-corrected chi connectivity index (χ4v) is 2.44. The molecule has 1 atom stereocenters. The molecule has 0 bridgehead atoms. The van der Waals surface area contributed by atoms with Crippen LogP contribution in [0.3, 0.4) is 0 Å². The zero-order valence-electron chi connectivity index (χ0n) is 18.4. The first-order chi connectivity index (χ1) is 13.0. The maximum atomic E-state index is 12.5. The van der Waals surface area contributed by atoms with E-state index in [-0.39, 0.29) is 25.0 Å². The zero-order chi connectivity index (χ0) is 23.0. The molecular weight excluding hydrogens is 393 g/mol. The largest absolute Gasteiger partial charge is 0.444 e. The molecule has 1 aliphatic rings. The number of carbonyl (C=O) groups excluding carboxylic acids is 2. The minimum Gasteiger partial charge on any atom is -0.444 e. The Labute approximate surface area is 170 Å². The summed E-state index contributed by atoms with van der Waals surface area (Å²) in [5.41, 5.74) is -1.26. The summed E-state index contributed by atoms with van der Waals surface area (Å²) in [6, 6.07) is -0.0882. The number of carbonyl (C=O) groups is 2. The van der Waals surface area contributed by atoms with Crippen molar-refractivity contribution in [2.75, 3.05) is 20.8 Å². The molecule has 1 saturated heterocycles. The van der Waals surface area contributed by atoms with E-state index in [2.05, 4.69) is 0 Å². The minimum atomic E-state index is -4.00. The van der Waals surface area contributed by atoms with E-state index < -0.39 is 17.5 Å². The van der Waals surface area contributed by atoms with Gasteiger partial charge in [0.25, 0.3) is 5.91 Å². The van der Waals surface area contributed by atoms with Crippen molar-refractivity contribution >= 4 is 12.0 Å². The Morgan fingerprint density at radius 3 is 2.21 bits per heavy atom. The lowest BCUT2D eigenvalue weighted by Gasteiger charge is -2.35. The third-order valence-corrected chi connectivity index (χ3v) is 3.68. The van der Waals surface area contributed by atoms with E-state index in [1.807, 2.05) is 34.6 Å². The average molecular weight is 426 g/mol. The van der Waals surface area contributed by atoms with Crippen LogP contribution in [0.5, 0.6) is 0 Å². The van der Waals surface area contributed by atoms with E-state index in [0.717, 1.165) is 5.06 Å². The molecule has 1 aliphatic heterocycles. The van der Waals surface area contributed by atoms with Gasteiger partial charge in [-0.3, -0.25) is 14.5 Å². The van der Waals surface area contributed by atoms with Gasteiger partial charge in [-0.15, -0.1) is 0 Å². The average Bonchev–Trinajstić information content (AvgIpc) is 2.81. The Kier molecular flexibility index (Phi) is 10.1. The van der Waals surface area contributed by atoms with Gasteiger partial charge in [0, 0.05) is 20.0 Å². The van der Waals surface area contributed by atoms with E-state index in [0.29, 0.717) is 19.4 Å². The summed E-state index contributed by atoms with van der Waals surface area (Å²) < 4.78 is 42.3. The van der Waals surface area contributed by atoms with Gasteiger partial charge >= 0.3 is 12.3 Å². The summed E-state index contributed by atoms with van der Waals surface area (Å²) in [4.78, 5) is 30.5. The molecule has 0 spiro atoms. The van der Waals surface area contributed by atoms with Crippen LogP contribution in [0.15, 0.2) is 12.2 Å². The van der Waals surface area contributed by atoms with E-state index >= 15 is 0 Å². The number of rotatable bonds is 5. The van der Waals surface area contributed by atoms with Crippen LogP contribution in [0, 0.1) is 0 Å². The fourth-order valence-electron chi connectivity index (χ4n) is 2.44. The normalized spacial score (nSPS) is 19.0. The monoisotopic (exact) mass is 426 g/mol. The minimum absolute atomic E-state index is 0.0882. The molecule has 0 saturated carbocycles. The lowest BCUT2D eigenvalue weighted by atomic mass is 10.1. The molecule has 0 aliphatic carbocycles. The zero-order valence-corrected chi connectivity index (χ0v) is 18.4. The number of hydroxylamine groups is 2. The molecule has 0 aromatic carbocycles. The molecule has 10 heteroatoms. The van der Waals surface area contributed by atoms with E-state index in [1.54, 1.807) is 18.0 Å². The fraction of sp³-hybridized carbons (Fsp3) is 0.789. The Bertz CT molecular complexity index is 565. The molecule has 29 heavy (non-hydrogen) atoms. The van der Waals surface area contributed by atoms with Crippen molar-refractivity contribution in [2.45, 2.75) is 77.9 Å². The molecule has 2 amide bonds. The summed E-state index contributed by atoms with van der Waals surface area (Å²) in [6.07, 6.45) is 0.184. The maximum absolute atomic E-state index is 12.5.